The Balaban J connectivity index is 1.65. The molecule has 3 nitrogen and oxygen atoms in total. The highest BCUT2D eigenvalue weighted by atomic mass is 15.2. The molecule has 1 saturated carbocycles. The Morgan fingerprint density at radius 2 is 1.47 bits per heavy atom. The van der Waals surface area contributed by atoms with Crippen molar-refractivity contribution in [3.63, 3.8) is 0 Å². The van der Waals surface area contributed by atoms with Gasteiger partial charge in [0.1, 0.15) is 5.82 Å². The quantitative estimate of drug-likeness (QED) is 0.520. The second-order valence-electron chi connectivity index (χ2n) is 9.33. The molecule has 1 aliphatic heterocycles. The summed E-state index contributed by atoms with van der Waals surface area (Å²) in [7, 11) is 0. The number of hydrogen-bond acceptors (Lipinski definition) is 3. The first kappa shape index (κ1) is 18.1. The third kappa shape index (κ3) is 2.86. The van der Waals surface area contributed by atoms with Crippen LogP contribution in [0.4, 0.5) is 5.82 Å². The predicted molar refractivity (Wildman–Crippen MR) is 123 cm³/mol. The molecule has 3 aromatic rings. The van der Waals surface area contributed by atoms with Gasteiger partial charge in [0, 0.05) is 35.2 Å². The van der Waals surface area contributed by atoms with Gasteiger partial charge in [-0.2, -0.15) is 0 Å². The van der Waals surface area contributed by atoms with Crippen LogP contribution < -0.4 is 4.90 Å². The average Bonchev–Trinajstić information content (AvgIpc) is 3.35. The van der Waals surface area contributed by atoms with Crippen molar-refractivity contribution in [2.75, 3.05) is 18.0 Å². The maximum atomic E-state index is 5.28. The van der Waals surface area contributed by atoms with E-state index in [9.17, 15) is 0 Å². The highest BCUT2D eigenvalue weighted by molar-refractivity contribution is 5.79. The average molecular weight is 396 g/mol. The van der Waals surface area contributed by atoms with Gasteiger partial charge < -0.3 is 4.90 Å². The lowest BCUT2D eigenvalue weighted by Gasteiger charge is -2.44. The van der Waals surface area contributed by atoms with Crippen molar-refractivity contribution in [1.82, 2.24) is 9.97 Å². The summed E-state index contributed by atoms with van der Waals surface area (Å²) < 4.78 is 0. The maximum Gasteiger partial charge on any atom is 0.162 e. The van der Waals surface area contributed by atoms with Crippen molar-refractivity contribution in [3.05, 3.63) is 65.7 Å². The van der Waals surface area contributed by atoms with Gasteiger partial charge in [0.05, 0.1) is 5.69 Å². The maximum absolute atomic E-state index is 5.28. The molecule has 152 valence electrons. The zero-order valence-electron chi connectivity index (χ0n) is 17.6. The minimum atomic E-state index is 0.203. The molecule has 0 radical (unpaired) electrons. The Hall–Kier alpha value is -2.68. The van der Waals surface area contributed by atoms with Gasteiger partial charge in [-0.15, -0.1) is 0 Å². The van der Waals surface area contributed by atoms with E-state index in [-0.39, 0.29) is 5.41 Å². The van der Waals surface area contributed by atoms with Crippen LogP contribution in [0.3, 0.4) is 0 Å². The molecule has 1 saturated heterocycles. The molecule has 30 heavy (non-hydrogen) atoms. The third-order valence-electron chi connectivity index (χ3n) is 7.47. The number of hydrogen-bond donors (Lipinski definition) is 0. The summed E-state index contributed by atoms with van der Waals surface area (Å²) in [5.74, 6) is 2.10. The van der Waals surface area contributed by atoms with Crippen LogP contribution in [0.1, 0.15) is 56.1 Å². The van der Waals surface area contributed by atoms with E-state index in [4.69, 9.17) is 9.97 Å². The summed E-state index contributed by atoms with van der Waals surface area (Å²) in [6.45, 7) is 2.24. The summed E-state index contributed by atoms with van der Waals surface area (Å²) >= 11 is 0. The monoisotopic (exact) mass is 395 g/mol. The molecule has 0 N–H and O–H groups in total. The van der Waals surface area contributed by atoms with E-state index in [0.717, 1.165) is 30.9 Å². The van der Waals surface area contributed by atoms with Gasteiger partial charge in [-0.25, -0.2) is 9.97 Å². The Morgan fingerprint density at radius 3 is 2.27 bits per heavy atom. The molecule has 6 rings (SSSR count). The van der Waals surface area contributed by atoms with Crippen molar-refractivity contribution in [2.24, 2.45) is 0 Å². The minimum absolute atomic E-state index is 0.203. The number of benzene rings is 2. The highest BCUT2D eigenvalue weighted by Crippen LogP contribution is 2.53. The molecule has 2 aromatic carbocycles. The normalized spacial score (nSPS) is 19.5. The summed E-state index contributed by atoms with van der Waals surface area (Å²) in [4.78, 5) is 13.1. The molecule has 2 fully saturated rings. The largest absolute Gasteiger partial charge is 0.356 e. The zero-order chi connectivity index (χ0) is 20.0. The van der Waals surface area contributed by atoms with E-state index in [2.05, 4.69) is 59.5 Å². The predicted octanol–water partition coefficient (Wildman–Crippen LogP) is 6.17. The Bertz CT molecular complexity index is 1060. The number of nitrogens with zero attached hydrogens (tertiary/aromatic N) is 3. The van der Waals surface area contributed by atoms with E-state index in [1.807, 2.05) is 0 Å². The molecule has 3 heteroatoms. The molecule has 3 aliphatic rings. The van der Waals surface area contributed by atoms with E-state index in [0.29, 0.717) is 0 Å². The summed E-state index contributed by atoms with van der Waals surface area (Å²) in [5.41, 5.74) is 6.77. The van der Waals surface area contributed by atoms with Gasteiger partial charge in [0.2, 0.25) is 0 Å². The molecule has 1 aromatic heterocycles. The fraction of sp³-hybridized carbons (Fsp3) is 0.407. The fourth-order valence-corrected chi connectivity index (χ4v) is 6.02. The van der Waals surface area contributed by atoms with Gasteiger partial charge in [0.25, 0.3) is 0 Å². The lowest BCUT2D eigenvalue weighted by Crippen LogP contribution is -2.38. The summed E-state index contributed by atoms with van der Waals surface area (Å²) in [6.07, 6.45) is 10.2. The highest BCUT2D eigenvalue weighted by Gasteiger charge is 2.44. The van der Waals surface area contributed by atoms with Crippen LogP contribution in [-0.4, -0.2) is 23.1 Å². The van der Waals surface area contributed by atoms with Crippen molar-refractivity contribution < 1.29 is 0 Å². The zero-order valence-corrected chi connectivity index (χ0v) is 17.6. The number of aromatic nitrogens is 2. The standard InChI is InChI=1S/C27H29N3/c1-3-11-20(12-4-1)25-28-24-22-14-6-5-13-21(22)19-27(15-7-2-8-16-27)23(24)26(29-25)30-17-9-10-18-30/h1,3-6,11-14H,2,7-10,15-19H2. The second kappa shape index (κ2) is 7.23. The molecule has 0 unspecified atom stereocenters. The second-order valence-corrected chi connectivity index (χ2v) is 9.33. The Labute approximate surface area is 179 Å². The Kier molecular flexibility index (Phi) is 4.36. The molecule has 2 aliphatic carbocycles. The lowest BCUT2D eigenvalue weighted by molar-refractivity contribution is 0.287. The van der Waals surface area contributed by atoms with Gasteiger partial charge in [-0.05, 0) is 37.7 Å². The SMILES string of the molecule is c1ccc(-c2nc3c(c(N4CCCC4)n2)C2(CCCCC2)Cc2ccccc2-3)cc1. The molecular weight excluding hydrogens is 366 g/mol. The molecule has 2 heterocycles. The molecule has 0 amide bonds. The number of rotatable bonds is 2. The van der Waals surface area contributed by atoms with Crippen molar-refractivity contribution in [2.45, 2.75) is 56.8 Å². The van der Waals surface area contributed by atoms with E-state index < -0.39 is 0 Å². The fourth-order valence-electron chi connectivity index (χ4n) is 6.02. The van der Waals surface area contributed by atoms with E-state index >= 15 is 0 Å². The van der Waals surface area contributed by atoms with Crippen LogP contribution >= 0.6 is 0 Å². The van der Waals surface area contributed by atoms with Gasteiger partial charge in [0.15, 0.2) is 5.82 Å². The minimum Gasteiger partial charge on any atom is -0.356 e. The third-order valence-corrected chi connectivity index (χ3v) is 7.47. The van der Waals surface area contributed by atoms with Gasteiger partial charge >= 0.3 is 0 Å². The van der Waals surface area contributed by atoms with Crippen molar-refractivity contribution >= 4 is 5.82 Å². The molecule has 0 atom stereocenters. The topological polar surface area (TPSA) is 29.0 Å². The van der Waals surface area contributed by atoms with Crippen LogP contribution in [0.2, 0.25) is 0 Å². The van der Waals surface area contributed by atoms with Crippen molar-refractivity contribution in [3.8, 4) is 22.6 Å². The molecular formula is C27H29N3. The van der Waals surface area contributed by atoms with Crippen molar-refractivity contribution in [1.29, 1.82) is 0 Å². The molecule has 1 spiro atoms. The van der Waals surface area contributed by atoms with E-state index in [1.165, 1.54) is 73.1 Å². The van der Waals surface area contributed by atoms with Crippen LogP contribution in [-0.2, 0) is 11.8 Å². The van der Waals surface area contributed by atoms with E-state index in [1.54, 1.807) is 0 Å². The van der Waals surface area contributed by atoms with Crippen LogP contribution in [0.25, 0.3) is 22.6 Å². The van der Waals surface area contributed by atoms with Crippen LogP contribution in [0.5, 0.6) is 0 Å². The Morgan fingerprint density at radius 1 is 0.733 bits per heavy atom. The lowest BCUT2D eigenvalue weighted by atomic mass is 9.62. The van der Waals surface area contributed by atoms with Crippen LogP contribution in [0.15, 0.2) is 54.6 Å². The number of anilines is 1. The van der Waals surface area contributed by atoms with Gasteiger partial charge in [-0.1, -0.05) is 73.9 Å². The first-order valence-electron chi connectivity index (χ1n) is 11.7. The molecule has 0 bridgehead atoms. The number of fused-ring (bicyclic) bond motifs is 4. The first-order chi connectivity index (χ1) is 14.8. The first-order valence-corrected chi connectivity index (χ1v) is 11.7. The smallest absolute Gasteiger partial charge is 0.162 e. The van der Waals surface area contributed by atoms with Gasteiger partial charge in [-0.3, -0.25) is 0 Å². The summed E-state index contributed by atoms with van der Waals surface area (Å²) in [6, 6.07) is 19.5. The summed E-state index contributed by atoms with van der Waals surface area (Å²) in [5, 5.41) is 0. The van der Waals surface area contributed by atoms with Crippen LogP contribution in [0, 0.1) is 0 Å².